The fourth-order valence-electron chi connectivity index (χ4n) is 2.32. The van der Waals surface area contributed by atoms with Crippen LogP contribution in [0.25, 0.3) is 16.7 Å². The summed E-state index contributed by atoms with van der Waals surface area (Å²) in [5.41, 5.74) is 0.881. The first-order chi connectivity index (χ1) is 12.3. The van der Waals surface area contributed by atoms with E-state index < -0.39 is 17.0 Å². The number of hydrogen-bond donors (Lipinski definition) is 0. The summed E-state index contributed by atoms with van der Waals surface area (Å²) in [6.07, 6.45) is -3.47. The lowest BCUT2D eigenvalue weighted by Crippen LogP contribution is -2.17. The molecule has 0 radical (unpaired) electrons. The summed E-state index contributed by atoms with van der Waals surface area (Å²) in [7, 11) is 0. The molecule has 132 valence electrons. The van der Waals surface area contributed by atoms with Crippen molar-refractivity contribution < 1.29 is 22.8 Å². The van der Waals surface area contributed by atoms with Gasteiger partial charge in [0, 0.05) is 17.8 Å². The highest BCUT2D eigenvalue weighted by atomic mass is 32.2. The van der Waals surface area contributed by atoms with Crippen LogP contribution in [0.15, 0.2) is 47.6 Å². The summed E-state index contributed by atoms with van der Waals surface area (Å²) in [6, 6.07) is 7.69. The third kappa shape index (κ3) is 3.55. The molecule has 0 fully saturated rings. The normalized spacial score (nSPS) is 11.3. The van der Waals surface area contributed by atoms with Crippen LogP contribution in [0, 0.1) is 20.8 Å². The van der Waals surface area contributed by atoms with E-state index in [1.54, 1.807) is 5.40 Å². The van der Waals surface area contributed by atoms with Gasteiger partial charge in [-0.25, -0.2) is 4.98 Å². The summed E-state index contributed by atoms with van der Waals surface area (Å²) in [5, 5.41) is 21.6. The van der Waals surface area contributed by atoms with Gasteiger partial charge in [0.25, 0.3) is 5.69 Å². The van der Waals surface area contributed by atoms with Gasteiger partial charge in [-0.2, -0.15) is 5.26 Å². The number of thiocyanates is 1. The molecular formula is C15H7F3N4O3S. The molecule has 7 nitrogen and oxygen atoms in total. The maximum Gasteiger partial charge on any atom is 0.573 e. The Hall–Kier alpha value is -3.26. The molecular weight excluding hydrogens is 373 g/mol. The number of hydrogen-bond acceptors (Lipinski definition) is 6. The minimum absolute atomic E-state index is 0.111. The van der Waals surface area contributed by atoms with Gasteiger partial charge in [-0.3, -0.25) is 14.7 Å². The molecule has 0 spiro atoms. The van der Waals surface area contributed by atoms with Crippen molar-refractivity contribution in [3.05, 3.63) is 52.8 Å². The number of nitro groups is 1. The molecule has 0 N–H and O–H groups in total. The molecule has 26 heavy (non-hydrogen) atoms. The molecule has 11 heteroatoms. The molecule has 0 saturated heterocycles. The van der Waals surface area contributed by atoms with Crippen molar-refractivity contribution >= 4 is 28.5 Å². The van der Waals surface area contributed by atoms with Gasteiger partial charge < -0.3 is 4.74 Å². The largest absolute Gasteiger partial charge is 0.573 e. The monoisotopic (exact) mass is 380 g/mol. The minimum atomic E-state index is -4.83. The van der Waals surface area contributed by atoms with Crippen LogP contribution >= 0.6 is 11.8 Å². The van der Waals surface area contributed by atoms with Gasteiger partial charge in [-0.05, 0) is 36.0 Å². The van der Waals surface area contributed by atoms with Crippen molar-refractivity contribution in [2.75, 3.05) is 0 Å². The highest BCUT2D eigenvalue weighted by Gasteiger charge is 2.31. The summed E-state index contributed by atoms with van der Waals surface area (Å²) < 4.78 is 42.6. The van der Waals surface area contributed by atoms with E-state index in [9.17, 15) is 23.3 Å². The van der Waals surface area contributed by atoms with Crippen molar-refractivity contribution in [1.82, 2.24) is 9.55 Å². The van der Waals surface area contributed by atoms with E-state index in [0.29, 0.717) is 28.5 Å². The van der Waals surface area contributed by atoms with E-state index in [2.05, 4.69) is 9.72 Å². The first-order valence-corrected chi connectivity index (χ1v) is 7.68. The Bertz CT molecular complexity index is 1040. The Labute approximate surface area is 147 Å². The zero-order valence-corrected chi connectivity index (χ0v) is 13.4. The molecule has 0 aliphatic heterocycles. The second-order valence-corrected chi connectivity index (χ2v) is 5.74. The van der Waals surface area contributed by atoms with Gasteiger partial charge in [0.1, 0.15) is 22.4 Å². The van der Waals surface area contributed by atoms with Crippen molar-refractivity contribution in [1.29, 1.82) is 5.26 Å². The van der Waals surface area contributed by atoms with Gasteiger partial charge in [-0.1, -0.05) is 0 Å². The number of ether oxygens (including phenoxy) is 1. The highest BCUT2D eigenvalue weighted by Crippen LogP contribution is 2.32. The molecule has 0 amide bonds. The van der Waals surface area contributed by atoms with Crippen molar-refractivity contribution in [2.45, 2.75) is 11.3 Å². The van der Waals surface area contributed by atoms with Crippen LogP contribution in [-0.4, -0.2) is 20.8 Å². The predicted molar refractivity (Wildman–Crippen MR) is 85.9 cm³/mol. The lowest BCUT2D eigenvalue weighted by Gasteiger charge is -2.10. The zero-order chi connectivity index (χ0) is 18.9. The number of nitro benzene ring substituents is 1. The molecule has 0 bridgehead atoms. The van der Waals surface area contributed by atoms with E-state index in [1.165, 1.54) is 35.2 Å². The van der Waals surface area contributed by atoms with Crippen LogP contribution in [0.1, 0.15) is 0 Å². The number of alkyl halides is 3. The second-order valence-electron chi connectivity index (χ2n) is 4.92. The average molecular weight is 380 g/mol. The smallest absolute Gasteiger partial charge is 0.406 e. The maximum atomic E-state index is 12.4. The van der Waals surface area contributed by atoms with E-state index in [4.69, 9.17) is 5.26 Å². The van der Waals surface area contributed by atoms with Gasteiger partial charge in [-0.15, -0.1) is 13.2 Å². The number of nitriles is 1. The Kier molecular flexibility index (Phi) is 4.43. The van der Waals surface area contributed by atoms with Gasteiger partial charge >= 0.3 is 6.36 Å². The Morgan fingerprint density at radius 3 is 2.69 bits per heavy atom. The van der Waals surface area contributed by atoms with E-state index in [-0.39, 0.29) is 10.6 Å². The third-order valence-corrected chi connectivity index (χ3v) is 3.96. The van der Waals surface area contributed by atoms with Crippen molar-refractivity contribution in [2.24, 2.45) is 0 Å². The SMILES string of the molecule is N#CSc1cc(-n2cnc3ccc(OC(F)(F)F)cc32)ccc1[N+](=O)[O-]. The lowest BCUT2D eigenvalue weighted by molar-refractivity contribution is -0.387. The number of benzene rings is 2. The van der Waals surface area contributed by atoms with Crippen LogP contribution < -0.4 is 4.74 Å². The van der Waals surface area contributed by atoms with E-state index in [0.717, 1.165) is 12.1 Å². The average Bonchev–Trinajstić information content (AvgIpc) is 2.96. The number of halogens is 3. The molecule has 3 aromatic rings. The van der Waals surface area contributed by atoms with Gasteiger partial charge in [0.05, 0.1) is 16.0 Å². The topological polar surface area (TPSA) is 94.0 Å². The van der Waals surface area contributed by atoms with Gasteiger partial charge in [0.2, 0.25) is 0 Å². The number of aromatic nitrogens is 2. The van der Waals surface area contributed by atoms with Crippen LogP contribution in [0.3, 0.4) is 0 Å². The Balaban J connectivity index is 2.10. The number of fused-ring (bicyclic) bond motifs is 1. The second kappa shape index (κ2) is 6.57. The molecule has 1 heterocycles. The molecule has 0 saturated carbocycles. The maximum absolute atomic E-state index is 12.4. The minimum Gasteiger partial charge on any atom is -0.406 e. The van der Waals surface area contributed by atoms with Crippen LogP contribution in [0.5, 0.6) is 5.75 Å². The highest BCUT2D eigenvalue weighted by molar-refractivity contribution is 8.03. The lowest BCUT2D eigenvalue weighted by atomic mass is 10.2. The number of nitrogens with zero attached hydrogens (tertiary/aromatic N) is 4. The first-order valence-electron chi connectivity index (χ1n) is 6.86. The van der Waals surface area contributed by atoms with Crippen LogP contribution in [0.4, 0.5) is 18.9 Å². The summed E-state index contributed by atoms with van der Waals surface area (Å²) >= 11 is 0.615. The summed E-state index contributed by atoms with van der Waals surface area (Å²) in [5.74, 6) is -0.416. The Morgan fingerprint density at radius 1 is 1.27 bits per heavy atom. The Morgan fingerprint density at radius 2 is 2.04 bits per heavy atom. The first kappa shape index (κ1) is 17.6. The van der Waals surface area contributed by atoms with E-state index >= 15 is 0 Å². The molecule has 2 aromatic carbocycles. The molecule has 0 unspecified atom stereocenters. The van der Waals surface area contributed by atoms with Crippen LogP contribution in [-0.2, 0) is 0 Å². The number of imidazole rings is 1. The predicted octanol–water partition coefficient (Wildman–Crippen LogP) is 4.41. The van der Waals surface area contributed by atoms with E-state index in [1.807, 2.05) is 0 Å². The van der Waals surface area contributed by atoms with Gasteiger partial charge in [0.15, 0.2) is 0 Å². The summed E-state index contributed by atoms with van der Waals surface area (Å²) in [4.78, 5) is 14.6. The quantitative estimate of drug-likeness (QED) is 0.288. The number of rotatable bonds is 4. The fraction of sp³-hybridized carbons (Fsp3) is 0.0667. The van der Waals surface area contributed by atoms with Crippen LogP contribution in [0.2, 0.25) is 0 Å². The fourth-order valence-corrected chi connectivity index (χ4v) is 2.85. The molecule has 3 rings (SSSR count). The summed E-state index contributed by atoms with van der Waals surface area (Å²) in [6.45, 7) is 0. The standard InChI is InChI=1S/C15H7F3N4O3S/c16-15(17,18)25-10-2-3-11-13(6-10)21(8-20-11)9-1-4-12(22(23)24)14(5-9)26-7-19/h1-6,8H. The van der Waals surface area contributed by atoms with Crippen molar-refractivity contribution in [3.8, 4) is 16.8 Å². The molecule has 0 atom stereocenters. The number of thioether (sulfide) groups is 1. The third-order valence-electron chi connectivity index (χ3n) is 3.33. The molecule has 0 aliphatic carbocycles. The van der Waals surface area contributed by atoms with Crippen molar-refractivity contribution in [3.63, 3.8) is 0 Å². The molecule has 0 aliphatic rings. The molecule has 1 aromatic heterocycles. The zero-order valence-electron chi connectivity index (χ0n) is 12.6.